The van der Waals surface area contributed by atoms with Crippen LogP contribution in [0.15, 0.2) is 18.3 Å². The van der Waals surface area contributed by atoms with Crippen LogP contribution >= 0.6 is 11.5 Å². The molecule has 0 N–H and O–H groups in total. The third kappa shape index (κ3) is 2.20. The second-order valence-electron chi connectivity index (χ2n) is 7.08. The first-order chi connectivity index (χ1) is 11.8. The summed E-state index contributed by atoms with van der Waals surface area (Å²) in [6.45, 7) is 17.2. The number of benzene rings is 1. The number of nitrogens with zero attached hydrogens (tertiary/aromatic N) is 3. The van der Waals surface area contributed by atoms with Crippen molar-refractivity contribution < 1.29 is 8.37 Å². The molecule has 0 aliphatic carbocycles. The highest BCUT2D eigenvalue weighted by Gasteiger charge is 2.32. The van der Waals surface area contributed by atoms with Gasteiger partial charge in [-0.15, -0.1) is 3.79 Å². The molecule has 4 rings (SSSR count). The Hall–Kier alpha value is -2.33. The van der Waals surface area contributed by atoms with Crippen LogP contribution in [0.2, 0.25) is 0 Å². The molecule has 0 spiro atoms. The Morgan fingerprint density at radius 3 is 2.56 bits per heavy atom. The Morgan fingerprint density at radius 2 is 1.84 bits per heavy atom. The first-order valence-corrected chi connectivity index (χ1v) is 9.30. The van der Waals surface area contributed by atoms with E-state index in [0.29, 0.717) is 0 Å². The van der Waals surface area contributed by atoms with Gasteiger partial charge in [0.25, 0.3) is 11.5 Å². The maximum atomic E-state index is 5.05. The van der Waals surface area contributed by atoms with Crippen LogP contribution in [-0.2, 0) is 0 Å². The van der Waals surface area contributed by atoms with Crippen molar-refractivity contribution in [3.8, 4) is 0 Å². The van der Waals surface area contributed by atoms with Crippen molar-refractivity contribution in [2.24, 2.45) is 0 Å². The molecule has 3 aromatic rings. The first-order valence-electron chi connectivity index (χ1n) is 8.52. The molecule has 3 heterocycles. The fourth-order valence-corrected chi connectivity index (χ4v) is 4.76. The third-order valence-electron chi connectivity index (χ3n) is 5.23. The summed E-state index contributed by atoms with van der Waals surface area (Å²) >= 11 is 1.77. The zero-order chi connectivity index (χ0) is 18.0. The van der Waals surface area contributed by atoms with E-state index in [1.165, 1.54) is 44.0 Å². The number of hydrogen-bond donors (Lipinski definition) is 0. The molecule has 0 saturated heterocycles. The summed E-state index contributed by atoms with van der Waals surface area (Å²) in [5.41, 5.74) is 10.8. The van der Waals surface area contributed by atoms with Crippen LogP contribution in [0.3, 0.4) is 0 Å². The second kappa shape index (κ2) is 5.33. The lowest BCUT2D eigenvalue weighted by Crippen LogP contribution is -2.26. The lowest BCUT2D eigenvalue weighted by atomic mass is 9.90. The van der Waals surface area contributed by atoms with E-state index in [9.17, 15) is 0 Å². The molecule has 0 fully saturated rings. The highest BCUT2D eigenvalue weighted by molar-refractivity contribution is 7.02. The van der Waals surface area contributed by atoms with E-state index in [-0.39, 0.29) is 0 Å². The molecule has 2 aromatic heterocycles. The predicted molar refractivity (Wildman–Crippen MR) is 103 cm³/mol. The lowest BCUT2D eigenvalue weighted by Gasteiger charge is -2.28. The molecular weight excluding hydrogens is 326 g/mol. The number of rotatable bonds is 1. The molecule has 0 unspecified atom stereocenters. The molecule has 1 aliphatic heterocycles. The number of aromatic nitrogens is 2. The van der Waals surface area contributed by atoms with E-state index >= 15 is 0 Å². The monoisotopic (exact) mass is 349 g/mol. The van der Waals surface area contributed by atoms with Crippen molar-refractivity contribution in [1.82, 2.24) is 4.98 Å². The van der Waals surface area contributed by atoms with Gasteiger partial charge in [-0.3, -0.25) is 0 Å². The summed E-state index contributed by atoms with van der Waals surface area (Å²) in [6.07, 6.45) is 2.12. The zero-order valence-corrected chi connectivity index (χ0v) is 16.5. The highest BCUT2D eigenvalue weighted by Crippen LogP contribution is 2.37. The van der Waals surface area contributed by atoms with E-state index in [0.717, 1.165) is 17.4 Å². The molecule has 1 aromatic carbocycles. The third-order valence-corrected chi connectivity index (χ3v) is 6.35. The van der Waals surface area contributed by atoms with Gasteiger partial charge in [0, 0.05) is 6.20 Å². The molecule has 0 saturated carbocycles. The van der Waals surface area contributed by atoms with Crippen LogP contribution in [0, 0.1) is 40.7 Å². The van der Waals surface area contributed by atoms with Crippen molar-refractivity contribution in [2.45, 2.75) is 41.5 Å². The predicted octanol–water partition coefficient (Wildman–Crippen LogP) is 4.16. The van der Waals surface area contributed by atoms with Crippen molar-refractivity contribution in [3.05, 3.63) is 68.5 Å². The Bertz CT molecular complexity index is 1080. The van der Waals surface area contributed by atoms with Crippen LogP contribution < -0.4 is 3.79 Å². The van der Waals surface area contributed by atoms with Gasteiger partial charge in [-0.1, -0.05) is 48.2 Å². The summed E-state index contributed by atoms with van der Waals surface area (Å²) < 4.78 is 4.26. The van der Waals surface area contributed by atoms with Crippen molar-refractivity contribution in [3.63, 3.8) is 0 Å². The number of hydrogen-bond acceptors (Lipinski definition) is 1. The number of allylic oxidation sites excluding steroid dienone is 1. The minimum atomic E-state index is 1.04. The van der Waals surface area contributed by atoms with Crippen LogP contribution in [0.1, 0.15) is 51.0 Å². The summed E-state index contributed by atoms with van der Waals surface area (Å²) in [5, 5.41) is 0. The smallest absolute Gasteiger partial charge is 0.292 e. The summed E-state index contributed by atoms with van der Waals surface area (Å²) in [4.78, 5) is 6.37. The average Bonchev–Trinajstić information content (AvgIpc) is 3.02. The molecule has 1 aliphatic rings. The molecule has 4 heteroatoms. The quantitative estimate of drug-likeness (QED) is 0.367. The van der Waals surface area contributed by atoms with Crippen LogP contribution in [0.25, 0.3) is 11.2 Å². The molecule has 0 bridgehead atoms. The Morgan fingerprint density at radius 1 is 1.12 bits per heavy atom. The normalized spacial score (nSPS) is 14.2. The topological polar surface area (TPSA) is 20.0 Å². The van der Waals surface area contributed by atoms with E-state index < -0.39 is 0 Å². The van der Waals surface area contributed by atoms with E-state index in [1.54, 1.807) is 11.5 Å². The number of aryl methyl sites for hydroxylation is 4. The number of fused-ring (bicyclic) bond motifs is 3. The molecule has 0 radical (unpaired) electrons. The van der Waals surface area contributed by atoms with Gasteiger partial charge in [0.05, 0.1) is 5.69 Å². The van der Waals surface area contributed by atoms with Crippen molar-refractivity contribution in [1.29, 1.82) is 0 Å². The van der Waals surface area contributed by atoms with Crippen molar-refractivity contribution in [2.75, 3.05) is 0 Å². The maximum Gasteiger partial charge on any atom is 0.292 e. The summed E-state index contributed by atoms with van der Waals surface area (Å²) in [7, 11) is 0. The molecule has 0 atom stereocenters. The minimum Gasteiger partial charge on any atom is -0.331 e. The molecule has 3 nitrogen and oxygen atoms in total. The average molecular weight is 350 g/mol. The molecule has 25 heavy (non-hydrogen) atoms. The second-order valence-corrected chi connectivity index (χ2v) is 8.24. The molecular formula is C21H23N3S. The number of imidazole rings is 1. The van der Waals surface area contributed by atoms with Gasteiger partial charge in [-0.05, 0) is 38.8 Å². The highest BCUT2D eigenvalue weighted by atomic mass is 32.1. The van der Waals surface area contributed by atoms with Crippen LogP contribution in [-0.4, -0.2) is 16.3 Å². The summed E-state index contributed by atoms with van der Waals surface area (Å²) in [6, 6.07) is 5.58. The Labute approximate surface area is 153 Å². The Kier molecular flexibility index (Phi) is 3.45. The van der Waals surface area contributed by atoms with E-state index in [1.807, 2.05) is 4.58 Å². The summed E-state index contributed by atoms with van der Waals surface area (Å²) in [5.74, 6) is 0. The van der Waals surface area contributed by atoms with Gasteiger partial charge < -0.3 is 4.58 Å². The fourth-order valence-electron chi connectivity index (χ4n) is 3.67. The van der Waals surface area contributed by atoms with Gasteiger partial charge >= 0.3 is 0 Å². The standard InChI is InChI=1S/C21H23N3S/c1-11-8-12(2)14(4)17(9-11)20-18-19(13(3)10-23(20)7)24-21(22-18)15(5)16(6)25-24/h8-10H,7H2,1-6H3. The van der Waals surface area contributed by atoms with Gasteiger partial charge in [0.1, 0.15) is 23.3 Å². The maximum absolute atomic E-state index is 5.05. The largest absolute Gasteiger partial charge is 0.331 e. The van der Waals surface area contributed by atoms with Crippen LogP contribution in [0.5, 0.6) is 0 Å². The van der Waals surface area contributed by atoms with Gasteiger partial charge in [-0.25, -0.2) is 0 Å². The fraction of sp³-hybridized carbons (Fsp3) is 0.286. The molecule has 128 valence electrons. The first kappa shape index (κ1) is 16.2. The van der Waals surface area contributed by atoms with E-state index in [4.69, 9.17) is 4.98 Å². The zero-order valence-electron chi connectivity index (χ0n) is 15.7. The Balaban J connectivity index is 2.04. The lowest BCUT2D eigenvalue weighted by molar-refractivity contribution is -0.446. The SMILES string of the molecule is C=[N+]1C=C(C)[c-]2c(nc3c(C)[c-](C)[s+][n+]32)[C-]1c1cc(C)cc(C)c1C. The van der Waals surface area contributed by atoms with Gasteiger partial charge in [0.2, 0.25) is 5.65 Å². The van der Waals surface area contributed by atoms with E-state index in [2.05, 4.69) is 70.4 Å². The van der Waals surface area contributed by atoms with Crippen molar-refractivity contribution >= 4 is 29.5 Å². The van der Waals surface area contributed by atoms with Crippen LogP contribution in [0.4, 0.5) is 0 Å². The van der Waals surface area contributed by atoms with Gasteiger partial charge in [-0.2, -0.15) is 4.98 Å². The molecule has 0 amide bonds. The minimum absolute atomic E-state index is 1.04. The van der Waals surface area contributed by atoms with Gasteiger partial charge in [0.15, 0.2) is 0 Å².